The third-order valence-corrected chi connectivity index (χ3v) is 7.83. The van der Waals surface area contributed by atoms with E-state index in [2.05, 4.69) is 14.1 Å². The Morgan fingerprint density at radius 2 is 1.75 bits per heavy atom. The number of piperazine rings is 1. The molecule has 0 saturated carbocycles. The summed E-state index contributed by atoms with van der Waals surface area (Å²) in [5, 5.41) is 2.61. The maximum atomic E-state index is 13.2. The van der Waals surface area contributed by atoms with E-state index in [1.807, 2.05) is 30.3 Å². The van der Waals surface area contributed by atoms with Gasteiger partial charge in [0.25, 0.3) is 0 Å². The highest BCUT2D eigenvalue weighted by molar-refractivity contribution is 7.89. The number of benzene rings is 2. The van der Waals surface area contributed by atoms with E-state index < -0.39 is 22.1 Å². The summed E-state index contributed by atoms with van der Waals surface area (Å²) in [7, 11) is -3.76. The Labute approximate surface area is 189 Å². The van der Waals surface area contributed by atoms with Gasteiger partial charge in [-0.2, -0.15) is 13.1 Å². The predicted octanol–water partition coefficient (Wildman–Crippen LogP) is 1.32. The lowest BCUT2D eigenvalue weighted by Crippen LogP contribution is -2.51. The van der Waals surface area contributed by atoms with Crippen molar-refractivity contribution in [2.45, 2.75) is 17.4 Å². The van der Waals surface area contributed by atoms with Crippen molar-refractivity contribution >= 4 is 44.7 Å². The molecule has 32 heavy (non-hydrogen) atoms. The average molecular weight is 475 g/mol. The molecule has 12 heteroatoms. The van der Waals surface area contributed by atoms with Crippen LogP contribution in [0.25, 0.3) is 11.0 Å². The number of hydrogen-bond donors (Lipinski definition) is 2. The molecule has 1 atom stereocenters. The molecule has 1 unspecified atom stereocenters. The molecule has 1 fully saturated rings. The summed E-state index contributed by atoms with van der Waals surface area (Å²) in [5.74, 6) is -0.185. The standard InChI is InChI=1S/C20H22N6O4S2/c21-20(28)22-16(14-5-2-1-3-6-14)13-18(27)25-9-11-26(12-10-25)32(29,30)17-8-4-7-15-19(17)24-31-23-15/h1-8,16H,9-13H2,(H3,21,22,28). The normalized spacial score (nSPS) is 16.1. The van der Waals surface area contributed by atoms with Gasteiger partial charge in [0.15, 0.2) is 0 Å². The van der Waals surface area contributed by atoms with Crippen LogP contribution in [0.3, 0.4) is 0 Å². The van der Waals surface area contributed by atoms with E-state index in [-0.39, 0.29) is 43.4 Å². The highest BCUT2D eigenvalue weighted by Gasteiger charge is 2.32. The number of carbonyl (C=O) groups excluding carboxylic acids is 2. The summed E-state index contributed by atoms with van der Waals surface area (Å²) in [4.78, 5) is 26.0. The summed E-state index contributed by atoms with van der Waals surface area (Å²) in [6.45, 7) is 0.839. The minimum atomic E-state index is -3.76. The fourth-order valence-corrected chi connectivity index (χ4v) is 5.89. The van der Waals surface area contributed by atoms with Gasteiger partial charge in [-0.1, -0.05) is 36.4 Å². The van der Waals surface area contributed by atoms with Crippen molar-refractivity contribution in [3.63, 3.8) is 0 Å². The lowest BCUT2D eigenvalue weighted by atomic mass is 10.0. The van der Waals surface area contributed by atoms with Crippen molar-refractivity contribution < 1.29 is 18.0 Å². The molecule has 0 bridgehead atoms. The van der Waals surface area contributed by atoms with Crippen LogP contribution in [0.4, 0.5) is 4.79 Å². The maximum Gasteiger partial charge on any atom is 0.312 e. The number of fused-ring (bicyclic) bond motifs is 1. The quantitative estimate of drug-likeness (QED) is 0.553. The summed E-state index contributed by atoms with van der Waals surface area (Å²) in [6.07, 6.45) is 0.0313. The smallest absolute Gasteiger partial charge is 0.312 e. The number of hydrogen-bond acceptors (Lipinski definition) is 7. The van der Waals surface area contributed by atoms with Gasteiger partial charge in [0, 0.05) is 26.2 Å². The summed E-state index contributed by atoms with van der Waals surface area (Å²) in [5.41, 5.74) is 6.95. The molecule has 10 nitrogen and oxygen atoms in total. The first-order valence-corrected chi connectivity index (χ1v) is 12.1. The monoisotopic (exact) mass is 474 g/mol. The minimum absolute atomic E-state index is 0.0313. The van der Waals surface area contributed by atoms with Gasteiger partial charge in [-0.05, 0) is 17.7 Å². The first-order chi connectivity index (χ1) is 15.4. The number of aromatic nitrogens is 2. The summed E-state index contributed by atoms with van der Waals surface area (Å²) >= 11 is 0.967. The van der Waals surface area contributed by atoms with Crippen LogP contribution in [0.2, 0.25) is 0 Å². The Hall–Kier alpha value is -3.09. The lowest BCUT2D eigenvalue weighted by molar-refractivity contribution is -0.132. The molecule has 2 heterocycles. The molecule has 1 aliphatic rings. The van der Waals surface area contributed by atoms with E-state index in [1.54, 1.807) is 17.0 Å². The van der Waals surface area contributed by atoms with Crippen molar-refractivity contribution in [2.75, 3.05) is 26.2 Å². The fraction of sp³-hybridized carbons (Fsp3) is 0.300. The highest BCUT2D eigenvalue weighted by Crippen LogP contribution is 2.25. The number of rotatable bonds is 6. The molecule has 1 aliphatic heterocycles. The van der Waals surface area contributed by atoms with Gasteiger partial charge in [0.05, 0.1) is 24.2 Å². The number of nitrogens with one attached hydrogen (secondary N) is 1. The molecule has 3 amide bonds. The first kappa shape index (κ1) is 22.1. The number of amides is 3. The molecule has 3 aromatic rings. The van der Waals surface area contributed by atoms with Gasteiger partial charge in [-0.25, -0.2) is 13.2 Å². The van der Waals surface area contributed by atoms with Crippen molar-refractivity contribution in [1.29, 1.82) is 0 Å². The Bertz CT molecular complexity index is 1220. The molecule has 0 radical (unpaired) electrons. The third-order valence-electron chi connectivity index (χ3n) is 5.36. The highest BCUT2D eigenvalue weighted by atomic mass is 32.2. The molecule has 1 saturated heterocycles. The molecule has 0 spiro atoms. The Kier molecular flexibility index (Phi) is 6.35. The van der Waals surface area contributed by atoms with Crippen LogP contribution >= 0.6 is 11.7 Å². The molecule has 3 N–H and O–H groups in total. The maximum absolute atomic E-state index is 13.2. The molecule has 2 aromatic carbocycles. The SMILES string of the molecule is NC(=O)NC(CC(=O)N1CCN(S(=O)(=O)c2cccc3nsnc23)CC1)c1ccccc1. The van der Waals surface area contributed by atoms with E-state index >= 15 is 0 Å². The van der Waals surface area contributed by atoms with Crippen LogP contribution in [0.5, 0.6) is 0 Å². The second-order valence-electron chi connectivity index (χ2n) is 7.35. The van der Waals surface area contributed by atoms with E-state index in [0.717, 1.165) is 17.3 Å². The number of nitrogens with two attached hydrogens (primary N) is 1. The van der Waals surface area contributed by atoms with Gasteiger partial charge in [-0.3, -0.25) is 4.79 Å². The Morgan fingerprint density at radius 3 is 2.44 bits per heavy atom. The van der Waals surface area contributed by atoms with E-state index in [0.29, 0.717) is 11.0 Å². The summed E-state index contributed by atoms with van der Waals surface area (Å²) in [6, 6.07) is 12.7. The number of primary amides is 1. The van der Waals surface area contributed by atoms with Crippen LogP contribution in [0.15, 0.2) is 53.4 Å². The second kappa shape index (κ2) is 9.18. The van der Waals surface area contributed by atoms with Gasteiger partial charge >= 0.3 is 6.03 Å². The van der Waals surface area contributed by atoms with Crippen LogP contribution < -0.4 is 11.1 Å². The largest absolute Gasteiger partial charge is 0.352 e. The number of urea groups is 1. The van der Waals surface area contributed by atoms with Gasteiger partial charge < -0.3 is 16.0 Å². The topological polar surface area (TPSA) is 139 Å². The molecular weight excluding hydrogens is 452 g/mol. The van der Waals surface area contributed by atoms with Crippen LogP contribution in [-0.4, -0.2) is 64.5 Å². The van der Waals surface area contributed by atoms with E-state index in [4.69, 9.17) is 5.73 Å². The minimum Gasteiger partial charge on any atom is -0.352 e. The van der Waals surface area contributed by atoms with Gasteiger partial charge in [0.1, 0.15) is 15.9 Å². The number of sulfonamides is 1. The van der Waals surface area contributed by atoms with Gasteiger partial charge in [-0.15, -0.1) is 0 Å². The zero-order valence-corrected chi connectivity index (χ0v) is 18.7. The molecule has 168 valence electrons. The third kappa shape index (κ3) is 4.56. The predicted molar refractivity (Wildman–Crippen MR) is 119 cm³/mol. The molecule has 1 aromatic heterocycles. The van der Waals surface area contributed by atoms with Gasteiger partial charge in [0.2, 0.25) is 15.9 Å². The van der Waals surface area contributed by atoms with Crippen LogP contribution in [-0.2, 0) is 14.8 Å². The van der Waals surface area contributed by atoms with Crippen LogP contribution in [0, 0.1) is 0 Å². The second-order valence-corrected chi connectivity index (χ2v) is 9.78. The first-order valence-electron chi connectivity index (χ1n) is 9.96. The number of carbonyl (C=O) groups is 2. The molecular formula is C20H22N6O4S2. The molecule has 0 aliphatic carbocycles. The van der Waals surface area contributed by atoms with E-state index in [1.165, 1.54) is 10.4 Å². The lowest BCUT2D eigenvalue weighted by Gasteiger charge is -2.34. The van der Waals surface area contributed by atoms with Crippen molar-refractivity contribution in [1.82, 2.24) is 23.3 Å². The van der Waals surface area contributed by atoms with Crippen LogP contribution in [0.1, 0.15) is 18.0 Å². The summed E-state index contributed by atoms with van der Waals surface area (Å²) < 4.78 is 35.9. The zero-order chi connectivity index (χ0) is 22.7. The Morgan fingerprint density at radius 1 is 1.03 bits per heavy atom. The number of nitrogens with zero attached hydrogens (tertiary/aromatic N) is 4. The van der Waals surface area contributed by atoms with Crippen molar-refractivity contribution in [3.8, 4) is 0 Å². The van der Waals surface area contributed by atoms with E-state index in [9.17, 15) is 18.0 Å². The zero-order valence-electron chi connectivity index (χ0n) is 17.0. The van der Waals surface area contributed by atoms with Crippen molar-refractivity contribution in [3.05, 3.63) is 54.1 Å². The average Bonchev–Trinajstić information content (AvgIpc) is 3.28. The molecule has 4 rings (SSSR count). The fourth-order valence-electron chi connectivity index (χ4n) is 3.72. The van der Waals surface area contributed by atoms with Crippen molar-refractivity contribution in [2.24, 2.45) is 5.73 Å². The Balaban J connectivity index is 1.43.